The summed E-state index contributed by atoms with van der Waals surface area (Å²) in [5, 5.41) is 20.2. The molecule has 0 saturated carbocycles. The fourth-order valence-electron chi connectivity index (χ4n) is 2.55. The van der Waals surface area contributed by atoms with Crippen molar-refractivity contribution in [2.24, 2.45) is 7.05 Å². The maximum absolute atomic E-state index is 12.4. The first-order valence-electron chi connectivity index (χ1n) is 7.83. The summed E-state index contributed by atoms with van der Waals surface area (Å²) in [6.07, 6.45) is 2.46. The number of nitrogens with one attached hydrogen (secondary N) is 2. The van der Waals surface area contributed by atoms with Crippen LogP contribution in [0.5, 0.6) is 11.5 Å². The van der Waals surface area contributed by atoms with Gasteiger partial charge < -0.3 is 25.2 Å². The lowest BCUT2D eigenvalue weighted by molar-refractivity contribution is -0.123. The molecule has 0 radical (unpaired) electrons. The minimum atomic E-state index is -0.930. The average molecular weight is 385 g/mol. The van der Waals surface area contributed by atoms with Crippen LogP contribution >= 0.6 is 12.4 Å². The van der Waals surface area contributed by atoms with Crippen molar-refractivity contribution in [3.05, 3.63) is 41.7 Å². The second-order valence-corrected chi connectivity index (χ2v) is 5.54. The van der Waals surface area contributed by atoms with Crippen molar-refractivity contribution in [2.45, 2.75) is 12.1 Å². The van der Waals surface area contributed by atoms with Crippen molar-refractivity contribution in [1.29, 1.82) is 0 Å². The number of rotatable bonds is 8. The number of benzene rings is 1. The molecule has 0 spiro atoms. The van der Waals surface area contributed by atoms with Gasteiger partial charge in [-0.05, 0) is 25.2 Å². The van der Waals surface area contributed by atoms with Gasteiger partial charge >= 0.3 is 0 Å². The quantitative estimate of drug-likeness (QED) is 0.627. The van der Waals surface area contributed by atoms with Crippen molar-refractivity contribution >= 4 is 18.3 Å². The molecule has 144 valence electrons. The number of carbonyl (C=O) groups excluding carboxylic acids is 1. The fourth-order valence-corrected chi connectivity index (χ4v) is 2.55. The van der Waals surface area contributed by atoms with Crippen LogP contribution in [0.15, 0.2) is 30.6 Å². The summed E-state index contributed by atoms with van der Waals surface area (Å²) in [5.41, 5.74) is 1.29. The van der Waals surface area contributed by atoms with E-state index < -0.39 is 12.1 Å². The smallest absolute Gasteiger partial charge is 0.241 e. The molecule has 2 aromatic rings. The molecule has 0 fully saturated rings. The maximum Gasteiger partial charge on any atom is 0.241 e. The molecular formula is C17H25ClN4O4. The zero-order valence-electron chi connectivity index (χ0n) is 15.2. The number of hydrogen-bond acceptors (Lipinski definition) is 6. The minimum Gasteiger partial charge on any atom is -0.497 e. The number of hydrogen-bond donors (Lipinski definition) is 3. The van der Waals surface area contributed by atoms with Crippen molar-refractivity contribution in [1.82, 2.24) is 20.4 Å². The Hall–Kier alpha value is -2.29. The van der Waals surface area contributed by atoms with E-state index in [1.54, 1.807) is 56.5 Å². The summed E-state index contributed by atoms with van der Waals surface area (Å²) in [6, 6.07) is 4.60. The first kappa shape index (κ1) is 21.8. The van der Waals surface area contributed by atoms with Crippen LogP contribution in [0.3, 0.4) is 0 Å². The average Bonchev–Trinajstić information content (AvgIpc) is 3.05. The molecule has 8 nitrogen and oxygen atoms in total. The molecule has 3 N–H and O–H groups in total. The summed E-state index contributed by atoms with van der Waals surface area (Å²) in [5.74, 6) is 0.876. The number of aromatic nitrogens is 2. The van der Waals surface area contributed by atoms with Crippen LogP contribution in [0.1, 0.15) is 23.3 Å². The van der Waals surface area contributed by atoms with Gasteiger partial charge in [0.05, 0.1) is 26.5 Å². The number of methoxy groups -OCH3 is 2. The third-order valence-corrected chi connectivity index (χ3v) is 3.87. The van der Waals surface area contributed by atoms with Gasteiger partial charge in [-0.2, -0.15) is 5.10 Å². The lowest BCUT2D eigenvalue weighted by atomic mass is 10.1. The van der Waals surface area contributed by atoms with Crippen LogP contribution in [0.2, 0.25) is 0 Å². The number of aliphatic hydroxyl groups is 1. The lowest BCUT2D eigenvalue weighted by Crippen LogP contribution is -2.38. The Labute approximate surface area is 158 Å². The zero-order chi connectivity index (χ0) is 18.4. The van der Waals surface area contributed by atoms with E-state index in [0.717, 1.165) is 5.56 Å². The Morgan fingerprint density at radius 3 is 2.62 bits per heavy atom. The second-order valence-electron chi connectivity index (χ2n) is 5.54. The largest absolute Gasteiger partial charge is 0.497 e. The van der Waals surface area contributed by atoms with Gasteiger partial charge in [0.25, 0.3) is 0 Å². The van der Waals surface area contributed by atoms with Crippen LogP contribution in [-0.2, 0) is 11.8 Å². The summed E-state index contributed by atoms with van der Waals surface area (Å²) in [7, 11) is 6.55. The van der Waals surface area contributed by atoms with Gasteiger partial charge in [0.15, 0.2) is 0 Å². The van der Waals surface area contributed by atoms with Crippen LogP contribution in [-0.4, -0.2) is 48.6 Å². The number of halogens is 1. The van der Waals surface area contributed by atoms with Crippen molar-refractivity contribution in [2.75, 3.05) is 27.8 Å². The van der Waals surface area contributed by atoms with Gasteiger partial charge in [0, 0.05) is 30.9 Å². The van der Waals surface area contributed by atoms with E-state index in [1.165, 1.54) is 7.11 Å². The number of nitrogens with zero attached hydrogens (tertiary/aromatic N) is 2. The van der Waals surface area contributed by atoms with E-state index in [9.17, 15) is 9.90 Å². The first-order chi connectivity index (χ1) is 12.0. The zero-order valence-corrected chi connectivity index (χ0v) is 16.0. The number of aryl methyl sites for hydroxylation is 1. The monoisotopic (exact) mass is 384 g/mol. The molecule has 1 aromatic heterocycles. The third kappa shape index (κ3) is 5.10. The van der Waals surface area contributed by atoms with Crippen LogP contribution in [0, 0.1) is 0 Å². The topological polar surface area (TPSA) is 97.6 Å². The van der Waals surface area contributed by atoms with E-state index >= 15 is 0 Å². The highest BCUT2D eigenvalue weighted by atomic mass is 35.5. The van der Waals surface area contributed by atoms with Crippen LogP contribution < -0.4 is 20.1 Å². The van der Waals surface area contributed by atoms with E-state index in [4.69, 9.17) is 9.47 Å². The van der Waals surface area contributed by atoms with E-state index in [-0.39, 0.29) is 24.9 Å². The van der Waals surface area contributed by atoms with E-state index in [2.05, 4.69) is 15.7 Å². The van der Waals surface area contributed by atoms with Gasteiger partial charge in [-0.1, -0.05) is 0 Å². The Kier molecular flexibility index (Phi) is 8.37. The molecule has 1 heterocycles. The van der Waals surface area contributed by atoms with Gasteiger partial charge in [-0.3, -0.25) is 9.48 Å². The molecular weight excluding hydrogens is 360 g/mol. The number of carbonyl (C=O) groups is 1. The first-order valence-corrected chi connectivity index (χ1v) is 7.83. The maximum atomic E-state index is 12.4. The van der Waals surface area contributed by atoms with E-state index in [0.29, 0.717) is 17.1 Å². The summed E-state index contributed by atoms with van der Waals surface area (Å²) in [4.78, 5) is 12.4. The standard InChI is InChI=1S/C17H24N4O4.ClH/c1-18-16(11-8-20-21(2)10-11)17(23)19-9-14(22)13-7-12(24-3)5-6-15(13)25-4;/h5-8,10,14,16,18,22H,9H2,1-4H3,(H,19,23);1H. The number of amides is 1. The molecule has 0 saturated heterocycles. The van der Waals surface area contributed by atoms with Gasteiger partial charge in [-0.15, -0.1) is 12.4 Å². The predicted molar refractivity (Wildman–Crippen MR) is 99.8 cm³/mol. The molecule has 2 rings (SSSR count). The molecule has 0 aliphatic rings. The third-order valence-electron chi connectivity index (χ3n) is 3.87. The highest BCUT2D eigenvalue weighted by molar-refractivity contribution is 5.85. The molecule has 0 bridgehead atoms. The molecule has 0 aliphatic heterocycles. The van der Waals surface area contributed by atoms with Gasteiger partial charge in [0.1, 0.15) is 17.5 Å². The molecule has 2 atom stereocenters. The normalized spacial score (nSPS) is 12.7. The fraction of sp³-hybridized carbons (Fsp3) is 0.412. The SMILES string of the molecule is CNC(C(=O)NCC(O)c1cc(OC)ccc1OC)c1cnn(C)c1.Cl. The minimum absolute atomic E-state index is 0. The Balaban J connectivity index is 0.00000338. The van der Waals surface area contributed by atoms with Crippen molar-refractivity contribution in [3.63, 3.8) is 0 Å². The molecule has 1 amide bonds. The number of likely N-dealkylation sites (N-methyl/N-ethyl adjacent to an activating group) is 1. The lowest BCUT2D eigenvalue weighted by Gasteiger charge is -2.19. The molecule has 0 aliphatic carbocycles. The number of ether oxygens (including phenoxy) is 2. The molecule has 2 unspecified atom stereocenters. The predicted octanol–water partition coefficient (Wildman–Crippen LogP) is 0.969. The molecule has 9 heteroatoms. The Bertz CT molecular complexity index is 723. The second kappa shape index (κ2) is 10.0. The molecule has 1 aromatic carbocycles. The van der Waals surface area contributed by atoms with E-state index in [1.807, 2.05) is 0 Å². The van der Waals surface area contributed by atoms with Crippen LogP contribution in [0.4, 0.5) is 0 Å². The van der Waals surface area contributed by atoms with Crippen molar-refractivity contribution in [3.8, 4) is 11.5 Å². The highest BCUT2D eigenvalue weighted by Crippen LogP contribution is 2.29. The summed E-state index contributed by atoms with van der Waals surface area (Å²) in [6.45, 7) is 0.0425. The van der Waals surface area contributed by atoms with Crippen molar-refractivity contribution < 1.29 is 19.4 Å². The molecule has 26 heavy (non-hydrogen) atoms. The summed E-state index contributed by atoms with van der Waals surface area (Å²) >= 11 is 0. The Morgan fingerprint density at radius 2 is 2.08 bits per heavy atom. The van der Waals surface area contributed by atoms with Crippen LogP contribution in [0.25, 0.3) is 0 Å². The summed E-state index contributed by atoms with van der Waals surface area (Å²) < 4.78 is 12.1. The number of aliphatic hydroxyl groups excluding tert-OH is 1. The Morgan fingerprint density at radius 1 is 1.35 bits per heavy atom. The van der Waals surface area contributed by atoms with Gasteiger partial charge in [-0.25, -0.2) is 0 Å². The van der Waals surface area contributed by atoms with Gasteiger partial charge in [0.2, 0.25) is 5.91 Å². The highest BCUT2D eigenvalue weighted by Gasteiger charge is 2.22.